The number of alkyl halides is 3. The number of sulfonamides is 1. The van der Waals surface area contributed by atoms with Crippen molar-refractivity contribution >= 4 is 15.9 Å². The quantitative estimate of drug-likeness (QED) is 0.396. The van der Waals surface area contributed by atoms with Crippen LogP contribution in [0.15, 0.2) is 30.6 Å². The number of ether oxygens (including phenoxy) is 1. The predicted octanol–water partition coefficient (Wildman–Crippen LogP) is 5.01. The van der Waals surface area contributed by atoms with Crippen LogP contribution in [-0.2, 0) is 27.4 Å². The first-order chi connectivity index (χ1) is 21.3. The molecular weight excluding hydrogens is 607 g/mol. The molecule has 3 aliphatic rings. The van der Waals surface area contributed by atoms with Crippen molar-refractivity contribution in [2.24, 2.45) is 0 Å². The number of nitrogens with zero attached hydrogens (tertiary/aromatic N) is 5. The summed E-state index contributed by atoms with van der Waals surface area (Å²) in [5.41, 5.74) is 2.11. The van der Waals surface area contributed by atoms with Gasteiger partial charge in [-0.2, -0.15) is 13.2 Å². The van der Waals surface area contributed by atoms with Gasteiger partial charge in [-0.05, 0) is 95.5 Å². The minimum Gasteiger partial charge on any atom is -0.370 e. The second kappa shape index (κ2) is 14.0. The summed E-state index contributed by atoms with van der Waals surface area (Å²) in [6.07, 6.45) is 5.30. The van der Waals surface area contributed by atoms with E-state index in [-0.39, 0.29) is 24.2 Å². The van der Waals surface area contributed by atoms with E-state index in [1.807, 2.05) is 11.8 Å². The zero-order chi connectivity index (χ0) is 32.4. The summed E-state index contributed by atoms with van der Waals surface area (Å²) in [6, 6.07) is 5.65. The lowest BCUT2D eigenvalue weighted by Crippen LogP contribution is -2.52. The Balaban J connectivity index is 1.11. The van der Waals surface area contributed by atoms with E-state index in [0.29, 0.717) is 37.7 Å². The molecule has 1 aromatic heterocycles. The molecule has 1 aromatic carbocycles. The Kier molecular flexibility index (Phi) is 10.5. The lowest BCUT2D eigenvalue weighted by atomic mass is 9.95. The fraction of sp³-hybridized carbons (Fsp3) is 0.656. The normalized spacial score (nSPS) is 23.0. The molecule has 1 amide bonds. The third kappa shape index (κ3) is 8.22. The molecule has 0 unspecified atom stereocenters. The van der Waals surface area contributed by atoms with E-state index in [9.17, 15) is 26.4 Å². The molecule has 3 aliphatic heterocycles. The summed E-state index contributed by atoms with van der Waals surface area (Å²) in [5, 5.41) is 0. The first kappa shape index (κ1) is 33.7. The lowest BCUT2D eigenvalue weighted by molar-refractivity contribution is -0.137. The summed E-state index contributed by atoms with van der Waals surface area (Å²) in [7, 11) is -1.54. The minimum absolute atomic E-state index is 0.0398. The van der Waals surface area contributed by atoms with E-state index in [1.54, 1.807) is 7.05 Å². The molecule has 4 heterocycles. The topological polar surface area (TPSA) is 95.9 Å². The van der Waals surface area contributed by atoms with Gasteiger partial charge in [0.2, 0.25) is 10.0 Å². The SMILES string of the molecule is Cc1c(CC[C@H]2CCC[C@@H](c3ccc(C(F)(F)F)cc3)O2)ncnc1C(=O)N1CCC(N2CCC(N(C)S(C)(=O)=O)CC2)CC1. The summed E-state index contributed by atoms with van der Waals surface area (Å²) in [5.74, 6) is -0.0839. The Morgan fingerprint density at radius 3 is 2.29 bits per heavy atom. The highest BCUT2D eigenvalue weighted by atomic mass is 32.2. The van der Waals surface area contributed by atoms with Crippen LogP contribution in [0.3, 0.4) is 0 Å². The van der Waals surface area contributed by atoms with Gasteiger partial charge in [0.25, 0.3) is 5.91 Å². The van der Waals surface area contributed by atoms with Crippen molar-refractivity contribution in [3.63, 3.8) is 0 Å². The molecule has 2 atom stereocenters. The number of benzene rings is 1. The van der Waals surface area contributed by atoms with Crippen molar-refractivity contribution in [3.05, 3.63) is 58.7 Å². The zero-order valence-corrected chi connectivity index (χ0v) is 27.1. The van der Waals surface area contributed by atoms with Crippen LogP contribution >= 0.6 is 0 Å². The summed E-state index contributed by atoms with van der Waals surface area (Å²) in [6.45, 7) is 4.89. The molecule has 5 rings (SSSR count). The van der Waals surface area contributed by atoms with Crippen LogP contribution in [0, 0.1) is 6.92 Å². The molecule has 248 valence electrons. The van der Waals surface area contributed by atoms with Crippen LogP contribution in [0.1, 0.15) is 90.3 Å². The van der Waals surface area contributed by atoms with Crippen LogP contribution in [0.4, 0.5) is 13.2 Å². The summed E-state index contributed by atoms with van der Waals surface area (Å²) < 4.78 is 70.5. The standard InChI is InChI=1S/C32H44F3N5O4S/c1-22-28(12-11-27-5-4-6-29(44-27)23-7-9-24(10-8-23)32(33,34)35)36-21-37-30(22)31(41)40-19-15-26(16-20-40)39-17-13-25(14-18-39)38(2)45(3,42)43/h7-10,21,25-27,29H,4-6,11-20H2,1-3H3/t27-,29+/m1/s1. The number of aromatic nitrogens is 2. The average molecular weight is 652 g/mol. The number of hydrogen-bond donors (Lipinski definition) is 0. The van der Waals surface area contributed by atoms with Gasteiger partial charge >= 0.3 is 6.18 Å². The van der Waals surface area contributed by atoms with Crippen molar-refractivity contribution in [2.45, 2.75) is 95.2 Å². The van der Waals surface area contributed by atoms with E-state index >= 15 is 0 Å². The highest BCUT2D eigenvalue weighted by Crippen LogP contribution is 2.35. The van der Waals surface area contributed by atoms with Crippen LogP contribution in [-0.4, -0.2) is 96.1 Å². The Labute approximate surface area is 264 Å². The number of hydrogen-bond acceptors (Lipinski definition) is 7. The van der Waals surface area contributed by atoms with Crippen molar-refractivity contribution in [1.29, 1.82) is 0 Å². The molecule has 0 N–H and O–H groups in total. The highest BCUT2D eigenvalue weighted by molar-refractivity contribution is 7.88. The molecule has 0 radical (unpaired) electrons. The van der Waals surface area contributed by atoms with Gasteiger partial charge in [0.1, 0.15) is 12.0 Å². The number of halogens is 3. The van der Waals surface area contributed by atoms with Gasteiger partial charge in [-0.15, -0.1) is 0 Å². The van der Waals surface area contributed by atoms with Crippen molar-refractivity contribution in [3.8, 4) is 0 Å². The number of carbonyl (C=O) groups excluding carboxylic acids is 1. The van der Waals surface area contributed by atoms with Gasteiger partial charge in [0, 0.05) is 43.5 Å². The van der Waals surface area contributed by atoms with Crippen molar-refractivity contribution in [1.82, 2.24) is 24.1 Å². The number of aryl methyl sites for hydroxylation is 1. The summed E-state index contributed by atoms with van der Waals surface area (Å²) in [4.78, 5) is 26.7. The van der Waals surface area contributed by atoms with Crippen LogP contribution in [0.5, 0.6) is 0 Å². The number of carbonyl (C=O) groups is 1. The Morgan fingerprint density at radius 2 is 1.67 bits per heavy atom. The van der Waals surface area contributed by atoms with Crippen LogP contribution in [0.25, 0.3) is 0 Å². The van der Waals surface area contributed by atoms with Crippen LogP contribution in [0.2, 0.25) is 0 Å². The van der Waals surface area contributed by atoms with E-state index in [4.69, 9.17) is 4.74 Å². The fourth-order valence-electron chi connectivity index (χ4n) is 6.96. The van der Waals surface area contributed by atoms with Gasteiger partial charge in [-0.3, -0.25) is 4.79 Å². The van der Waals surface area contributed by atoms with Crippen molar-refractivity contribution in [2.75, 3.05) is 39.5 Å². The van der Waals surface area contributed by atoms with Crippen LogP contribution < -0.4 is 0 Å². The first-order valence-corrected chi connectivity index (χ1v) is 17.8. The molecule has 2 aromatic rings. The van der Waals surface area contributed by atoms with E-state index in [1.165, 1.54) is 29.0 Å². The third-order valence-electron chi connectivity index (χ3n) is 9.86. The molecule has 45 heavy (non-hydrogen) atoms. The molecule has 3 saturated heterocycles. The number of rotatable bonds is 8. The third-order valence-corrected chi connectivity index (χ3v) is 11.2. The molecule has 0 spiro atoms. The van der Waals surface area contributed by atoms with Gasteiger partial charge < -0.3 is 14.5 Å². The van der Waals surface area contributed by atoms with Gasteiger partial charge in [0.05, 0.1) is 24.0 Å². The average Bonchev–Trinajstić information content (AvgIpc) is 3.03. The van der Waals surface area contributed by atoms with E-state index in [0.717, 1.165) is 87.0 Å². The van der Waals surface area contributed by atoms with E-state index < -0.39 is 21.8 Å². The number of likely N-dealkylation sites (tertiary alicyclic amines) is 2. The van der Waals surface area contributed by atoms with Gasteiger partial charge in [-0.1, -0.05) is 12.1 Å². The Bertz CT molecular complexity index is 1420. The molecule has 0 saturated carbocycles. The molecular formula is C32H44F3N5O4S. The second-order valence-corrected chi connectivity index (χ2v) is 14.7. The lowest BCUT2D eigenvalue weighted by Gasteiger charge is -2.43. The molecule has 3 fully saturated rings. The fourth-order valence-corrected chi connectivity index (χ4v) is 7.72. The summed E-state index contributed by atoms with van der Waals surface area (Å²) >= 11 is 0. The number of piperidine rings is 2. The molecule has 13 heteroatoms. The largest absolute Gasteiger partial charge is 0.416 e. The maximum atomic E-state index is 13.5. The Morgan fingerprint density at radius 1 is 1.00 bits per heavy atom. The molecule has 0 aliphatic carbocycles. The molecule has 9 nitrogen and oxygen atoms in total. The monoisotopic (exact) mass is 651 g/mol. The van der Waals surface area contributed by atoms with Gasteiger partial charge in [0.15, 0.2) is 0 Å². The maximum absolute atomic E-state index is 13.5. The smallest absolute Gasteiger partial charge is 0.370 e. The van der Waals surface area contributed by atoms with Crippen molar-refractivity contribution < 1.29 is 31.1 Å². The zero-order valence-electron chi connectivity index (χ0n) is 26.3. The molecule has 0 bridgehead atoms. The first-order valence-electron chi connectivity index (χ1n) is 15.9. The highest BCUT2D eigenvalue weighted by Gasteiger charge is 2.34. The number of amides is 1. The Hall–Kier alpha value is -2.61. The van der Waals surface area contributed by atoms with E-state index in [2.05, 4.69) is 14.9 Å². The van der Waals surface area contributed by atoms with Gasteiger partial charge in [-0.25, -0.2) is 22.7 Å². The maximum Gasteiger partial charge on any atom is 0.416 e. The second-order valence-electron chi connectivity index (χ2n) is 12.7. The predicted molar refractivity (Wildman–Crippen MR) is 164 cm³/mol. The minimum atomic E-state index is -4.36.